The summed E-state index contributed by atoms with van der Waals surface area (Å²) >= 11 is 0. The molecule has 1 rings (SSSR count). The quantitative estimate of drug-likeness (QED) is 0.538. The highest BCUT2D eigenvalue weighted by Crippen LogP contribution is 2.25. The fraction of sp³-hybridized carbons (Fsp3) is 0.818. The van der Waals surface area contributed by atoms with E-state index in [1.807, 2.05) is 0 Å². The van der Waals surface area contributed by atoms with E-state index in [2.05, 4.69) is 26.0 Å². The summed E-state index contributed by atoms with van der Waals surface area (Å²) in [4.78, 5) is 0. The summed E-state index contributed by atoms with van der Waals surface area (Å²) in [5, 5.41) is 0. The average Bonchev–Trinajstić information content (AvgIpc) is 2.52. The van der Waals surface area contributed by atoms with Crippen LogP contribution in [0, 0.1) is 11.8 Å². The van der Waals surface area contributed by atoms with Gasteiger partial charge in [0.25, 0.3) is 0 Å². The summed E-state index contributed by atoms with van der Waals surface area (Å²) < 4.78 is 0. The van der Waals surface area contributed by atoms with Gasteiger partial charge in [-0.1, -0.05) is 38.8 Å². The van der Waals surface area contributed by atoms with E-state index in [1.165, 1.54) is 32.1 Å². The van der Waals surface area contributed by atoms with Gasteiger partial charge in [-0.15, -0.1) is 0 Å². The van der Waals surface area contributed by atoms with Crippen molar-refractivity contribution >= 4 is 0 Å². The Bertz CT molecular complexity index is 116. The molecular formula is C11H20. The average molecular weight is 152 g/mol. The van der Waals surface area contributed by atoms with E-state index in [0.29, 0.717) is 0 Å². The molecule has 0 fully saturated rings. The first-order valence-electron chi connectivity index (χ1n) is 4.98. The minimum atomic E-state index is 0.940. The van der Waals surface area contributed by atoms with E-state index in [4.69, 9.17) is 0 Å². The summed E-state index contributed by atoms with van der Waals surface area (Å²) in [7, 11) is 0. The third kappa shape index (κ3) is 3.09. The topological polar surface area (TPSA) is 0 Å². The van der Waals surface area contributed by atoms with Gasteiger partial charge in [-0.3, -0.25) is 0 Å². The maximum absolute atomic E-state index is 2.36. The zero-order valence-corrected chi connectivity index (χ0v) is 7.84. The van der Waals surface area contributed by atoms with Gasteiger partial charge in [0.15, 0.2) is 0 Å². The van der Waals surface area contributed by atoms with Crippen LogP contribution < -0.4 is 0 Å². The molecule has 1 atom stereocenters. The van der Waals surface area contributed by atoms with Crippen molar-refractivity contribution in [2.45, 2.75) is 46.0 Å². The molecule has 1 unspecified atom stereocenters. The molecule has 0 aromatic heterocycles. The Balaban J connectivity index is 2.03. The first-order chi connectivity index (χ1) is 5.33. The molecule has 0 aliphatic heterocycles. The van der Waals surface area contributed by atoms with Crippen LogP contribution in [-0.4, -0.2) is 0 Å². The second-order valence-corrected chi connectivity index (χ2v) is 3.90. The molecule has 0 spiro atoms. The summed E-state index contributed by atoms with van der Waals surface area (Å²) in [6, 6.07) is 0. The van der Waals surface area contributed by atoms with Crippen molar-refractivity contribution in [1.82, 2.24) is 0 Å². The predicted molar refractivity (Wildman–Crippen MR) is 50.6 cm³/mol. The van der Waals surface area contributed by atoms with Crippen LogP contribution in [0.25, 0.3) is 0 Å². The lowest BCUT2D eigenvalue weighted by Crippen LogP contribution is -1.98. The van der Waals surface area contributed by atoms with Gasteiger partial charge in [0, 0.05) is 0 Å². The Kier molecular flexibility index (Phi) is 3.68. The highest BCUT2D eigenvalue weighted by Gasteiger charge is 2.10. The monoisotopic (exact) mass is 152 g/mol. The number of hydrogen-bond donors (Lipinski definition) is 0. The molecule has 0 N–H and O–H groups in total. The Morgan fingerprint density at radius 2 is 2.00 bits per heavy atom. The predicted octanol–water partition coefficient (Wildman–Crippen LogP) is 3.78. The van der Waals surface area contributed by atoms with Gasteiger partial charge in [0.05, 0.1) is 0 Å². The standard InChI is InChI=1S/C11H20/c1-3-10(2)8-9-11-6-4-5-7-11/h4-5,10-11H,3,6-9H2,1-2H3. The van der Waals surface area contributed by atoms with Crippen LogP contribution in [0.5, 0.6) is 0 Å². The third-order valence-corrected chi connectivity index (χ3v) is 2.87. The maximum Gasteiger partial charge on any atom is -0.0319 e. The second kappa shape index (κ2) is 4.58. The Labute approximate surface area is 70.7 Å². The summed E-state index contributed by atoms with van der Waals surface area (Å²) in [6.07, 6.45) is 11.6. The highest BCUT2D eigenvalue weighted by atomic mass is 14.2. The van der Waals surface area contributed by atoms with Crippen LogP contribution >= 0.6 is 0 Å². The van der Waals surface area contributed by atoms with Crippen LogP contribution in [0.4, 0.5) is 0 Å². The van der Waals surface area contributed by atoms with Gasteiger partial charge < -0.3 is 0 Å². The molecule has 0 aromatic rings. The van der Waals surface area contributed by atoms with Gasteiger partial charge in [-0.25, -0.2) is 0 Å². The van der Waals surface area contributed by atoms with E-state index in [1.54, 1.807) is 0 Å². The Morgan fingerprint density at radius 3 is 2.55 bits per heavy atom. The number of rotatable bonds is 4. The van der Waals surface area contributed by atoms with Gasteiger partial charge in [-0.05, 0) is 31.1 Å². The molecule has 0 aromatic carbocycles. The zero-order chi connectivity index (χ0) is 8.10. The molecule has 0 heteroatoms. The first-order valence-corrected chi connectivity index (χ1v) is 4.98. The summed E-state index contributed by atoms with van der Waals surface area (Å²) in [6.45, 7) is 4.65. The molecular weight excluding hydrogens is 132 g/mol. The lowest BCUT2D eigenvalue weighted by molar-refractivity contribution is 0.416. The highest BCUT2D eigenvalue weighted by molar-refractivity contribution is 4.93. The van der Waals surface area contributed by atoms with E-state index in [9.17, 15) is 0 Å². The number of hydrogen-bond acceptors (Lipinski definition) is 0. The van der Waals surface area contributed by atoms with Crippen LogP contribution in [0.3, 0.4) is 0 Å². The fourth-order valence-electron chi connectivity index (χ4n) is 1.63. The lowest BCUT2D eigenvalue weighted by Gasteiger charge is -2.12. The van der Waals surface area contributed by atoms with Gasteiger partial charge in [0.2, 0.25) is 0 Å². The van der Waals surface area contributed by atoms with Crippen molar-refractivity contribution in [1.29, 1.82) is 0 Å². The largest absolute Gasteiger partial charge is 0.0882 e. The van der Waals surface area contributed by atoms with Crippen LogP contribution in [0.2, 0.25) is 0 Å². The van der Waals surface area contributed by atoms with Crippen molar-refractivity contribution in [3.8, 4) is 0 Å². The van der Waals surface area contributed by atoms with E-state index in [0.717, 1.165) is 11.8 Å². The van der Waals surface area contributed by atoms with Crippen molar-refractivity contribution in [3.05, 3.63) is 12.2 Å². The summed E-state index contributed by atoms with van der Waals surface area (Å²) in [5.41, 5.74) is 0. The van der Waals surface area contributed by atoms with Crippen molar-refractivity contribution in [2.24, 2.45) is 11.8 Å². The molecule has 1 aliphatic carbocycles. The third-order valence-electron chi connectivity index (χ3n) is 2.87. The van der Waals surface area contributed by atoms with Crippen molar-refractivity contribution in [3.63, 3.8) is 0 Å². The van der Waals surface area contributed by atoms with Crippen LogP contribution in [0.15, 0.2) is 12.2 Å². The molecule has 1 aliphatic rings. The van der Waals surface area contributed by atoms with E-state index < -0.39 is 0 Å². The van der Waals surface area contributed by atoms with Crippen LogP contribution in [0.1, 0.15) is 46.0 Å². The summed E-state index contributed by atoms with van der Waals surface area (Å²) in [5.74, 6) is 1.93. The van der Waals surface area contributed by atoms with E-state index in [-0.39, 0.29) is 0 Å². The first kappa shape index (κ1) is 8.83. The smallest absolute Gasteiger partial charge is 0.0319 e. The zero-order valence-electron chi connectivity index (χ0n) is 7.84. The van der Waals surface area contributed by atoms with Crippen molar-refractivity contribution in [2.75, 3.05) is 0 Å². The van der Waals surface area contributed by atoms with Gasteiger partial charge in [-0.2, -0.15) is 0 Å². The number of allylic oxidation sites excluding steroid dienone is 2. The maximum atomic E-state index is 2.36. The van der Waals surface area contributed by atoms with Gasteiger partial charge in [0.1, 0.15) is 0 Å². The van der Waals surface area contributed by atoms with Crippen molar-refractivity contribution < 1.29 is 0 Å². The SMILES string of the molecule is CCC(C)CCC1CC=CC1. The minimum Gasteiger partial charge on any atom is -0.0882 e. The minimum absolute atomic E-state index is 0.940. The molecule has 64 valence electrons. The molecule has 0 saturated heterocycles. The molecule has 0 heterocycles. The Morgan fingerprint density at radius 1 is 1.36 bits per heavy atom. The molecule has 0 bridgehead atoms. The molecule has 11 heavy (non-hydrogen) atoms. The molecule has 0 amide bonds. The van der Waals surface area contributed by atoms with Crippen LogP contribution in [-0.2, 0) is 0 Å². The molecule has 0 nitrogen and oxygen atoms in total. The normalized spacial score (nSPS) is 20.9. The van der Waals surface area contributed by atoms with Gasteiger partial charge >= 0.3 is 0 Å². The molecule has 0 saturated carbocycles. The lowest BCUT2D eigenvalue weighted by atomic mass is 9.94. The molecule has 0 radical (unpaired) electrons. The second-order valence-electron chi connectivity index (χ2n) is 3.90. The van der Waals surface area contributed by atoms with E-state index >= 15 is 0 Å². The fourth-order valence-corrected chi connectivity index (χ4v) is 1.63. The Hall–Kier alpha value is -0.260.